The molecule has 0 radical (unpaired) electrons. The SMILES string of the molecule is Cc1cccc(CCC=C[C@@H]2[C@H]3CC(CNCCCCN(C)C)=C[C@H]3C[C@H]2O)c1. The van der Waals surface area contributed by atoms with Crippen LogP contribution in [0.4, 0.5) is 0 Å². The number of aliphatic hydroxyl groups excluding tert-OH is 1. The molecule has 0 unspecified atom stereocenters. The van der Waals surface area contributed by atoms with Gasteiger partial charge in [0.15, 0.2) is 0 Å². The second-order valence-corrected chi connectivity index (χ2v) is 9.38. The molecule has 3 heteroatoms. The number of benzene rings is 1. The standard InChI is InChI=1S/C26H40N2O/c1-20-9-8-11-21(15-20)10-4-5-12-24-25-17-22(16-23(25)18-26(24)29)19-27-13-6-7-14-28(2)3/h5,8-9,11-12,15-16,23-27,29H,4,6-7,10,13-14,17-19H2,1-3H3/t23-,24+,25-,26+/m0/s1. The molecule has 1 aromatic rings. The number of aryl methyl sites for hydroxylation is 2. The predicted octanol–water partition coefficient (Wildman–Crippen LogP) is 4.36. The molecule has 0 aliphatic heterocycles. The molecule has 3 nitrogen and oxygen atoms in total. The zero-order valence-corrected chi connectivity index (χ0v) is 18.6. The normalized spacial score (nSPS) is 26.4. The Kier molecular flexibility index (Phi) is 8.53. The van der Waals surface area contributed by atoms with E-state index < -0.39 is 0 Å². The number of fused-ring (bicyclic) bond motifs is 1. The van der Waals surface area contributed by atoms with Crippen LogP contribution in [0.1, 0.15) is 43.2 Å². The van der Waals surface area contributed by atoms with Gasteiger partial charge in [-0.1, -0.05) is 53.6 Å². The highest BCUT2D eigenvalue weighted by Crippen LogP contribution is 2.47. The fourth-order valence-electron chi connectivity index (χ4n) is 5.03. The van der Waals surface area contributed by atoms with E-state index >= 15 is 0 Å². The van der Waals surface area contributed by atoms with Gasteiger partial charge >= 0.3 is 0 Å². The molecule has 160 valence electrons. The van der Waals surface area contributed by atoms with E-state index in [0.717, 1.165) is 38.8 Å². The number of allylic oxidation sites excluding steroid dienone is 2. The number of rotatable bonds is 11. The van der Waals surface area contributed by atoms with E-state index in [1.165, 1.54) is 30.5 Å². The highest BCUT2D eigenvalue weighted by Gasteiger charge is 2.43. The van der Waals surface area contributed by atoms with Crippen molar-refractivity contribution in [2.24, 2.45) is 17.8 Å². The molecule has 2 N–H and O–H groups in total. The monoisotopic (exact) mass is 396 g/mol. The van der Waals surface area contributed by atoms with Crippen LogP contribution in [0.25, 0.3) is 0 Å². The van der Waals surface area contributed by atoms with Gasteiger partial charge in [0.2, 0.25) is 0 Å². The van der Waals surface area contributed by atoms with E-state index in [1.54, 1.807) is 5.57 Å². The molecular weight excluding hydrogens is 356 g/mol. The van der Waals surface area contributed by atoms with Crippen LogP contribution in [0, 0.1) is 24.7 Å². The Morgan fingerprint density at radius 2 is 2.10 bits per heavy atom. The number of nitrogens with zero attached hydrogens (tertiary/aromatic N) is 1. The summed E-state index contributed by atoms with van der Waals surface area (Å²) in [6.45, 7) is 5.45. The van der Waals surface area contributed by atoms with Crippen molar-refractivity contribution in [3.8, 4) is 0 Å². The van der Waals surface area contributed by atoms with Crippen LogP contribution in [-0.2, 0) is 6.42 Å². The molecule has 0 heterocycles. The first kappa shape index (κ1) is 22.3. The van der Waals surface area contributed by atoms with Crippen molar-refractivity contribution in [1.82, 2.24) is 10.2 Å². The summed E-state index contributed by atoms with van der Waals surface area (Å²) in [5, 5.41) is 14.2. The second kappa shape index (κ2) is 11.1. The summed E-state index contributed by atoms with van der Waals surface area (Å²) in [5.74, 6) is 1.50. The molecule has 1 saturated carbocycles. The Balaban J connectivity index is 1.39. The first-order chi connectivity index (χ1) is 14.0. The Morgan fingerprint density at radius 3 is 2.90 bits per heavy atom. The minimum absolute atomic E-state index is 0.169. The average Bonchev–Trinajstić information content (AvgIpc) is 3.18. The number of hydrogen-bond donors (Lipinski definition) is 2. The molecule has 1 fully saturated rings. The van der Waals surface area contributed by atoms with E-state index in [1.807, 2.05) is 0 Å². The molecule has 1 aromatic carbocycles. The first-order valence-electron chi connectivity index (χ1n) is 11.5. The van der Waals surface area contributed by atoms with Gasteiger partial charge in [-0.2, -0.15) is 0 Å². The van der Waals surface area contributed by atoms with Crippen molar-refractivity contribution < 1.29 is 5.11 Å². The minimum Gasteiger partial charge on any atom is -0.392 e. The maximum atomic E-state index is 10.6. The highest BCUT2D eigenvalue weighted by atomic mass is 16.3. The van der Waals surface area contributed by atoms with Gasteiger partial charge < -0.3 is 15.3 Å². The van der Waals surface area contributed by atoms with Crippen LogP contribution in [0.15, 0.2) is 48.1 Å². The van der Waals surface area contributed by atoms with Gasteiger partial charge in [0.1, 0.15) is 0 Å². The summed E-state index contributed by atoms with van der Waals surface area (Å²) < 4.78 is 0. The Hall–Kier alpha value is -1.42. The van der Waals surface area contributed by atoms with E-state index in [2.05, 4.69) is 73.7 Å². The second-order valence-electron chi connectivity index (χ2n) is 9.38. The lowest BCUT2D eigenvalue weighted by Crippen LogP contribution is -2.21. The highest BCUT2D eigenvalue weighted by molar-refractivity contribution is 5.23. The Morgan fingerprint density at radius 1 is 1.24 bits per heavy atom. The largest absolute Gasteiger partial charge is 0.392 e. The van der Waals surface area contributed by atoms with Crippen LogP contribution >= 0.6 is 0 Å². The van der Waals surface area contributed by atoms with E-state index in [-0.39, 0.29) is 6.10 Å². The average molecular weight is 397 g/mol. The summed E-state index contributed by atoms with van der Waals surface area (Å²) in [5.41, 5.74) is 4.29. The summed E-state index contributed by atoms with van der Waals surface area (Å²) in [6.07, 6.45) is 13.6. The molecule has 0 saturated heterocycles. The van der Waals surface area contributed by atoms with Gasteiger partial charge in [0.25, 0.3) is 0 Å². The molecule has 4 atom stereocenters. The molecule has 0 bridgehead atoms. The molecular formula is C26H40N2O. The van der Waals surface area contributed by atoms with Gasteiger partial charge in [0.05, 0.1) is 6.10 Å². The van der Waals surface area contributed by atoms with Crippen LogP contribution < -0.4 is 5.32 Å². The third kappa shape index (κ3) is 6.80. The minimum atomic E-state index is -0.169. The molecule has 0 aromatic heterocycles. The third-order valence-corrected chi connectivity index (χ3v) is 6.55. The topological polar surface area (TPSA) is 35.5 Å². The zero-order valence-electron chi connectivity index (χ0n) is 18.6. The molecule has 0 amide bonds. The van der Waals surface area contributed by atoms with Gasteiger partial charge in [-0.05, 0) is 90.0 Å². The smallest absolute Gasteiger partial charge is 0.0611 e. The van der Waals surface area contributed by atoms with Crippen molar-refractivity contribution in [1.29, 1.82) is 0 Å². The number of nitrogens with one attached hydrogen (secondary N) is 1. The lowest BCUT2D eigenvalue weighted by atomic mass is 9.89. The molecule has 3 rings (SSSR count). The maximum Gasteiger partial charge on any atom is 0.0611 e. The van der Waals surface area contributed by atoms with Crippen molar-refractivity contribution in [2.75, 3.05) is 33.7 Å². The molecule has 0 spiro atoms. The van der Waals surface area contributed by atoms with Crippen molar-refractivity contribution in [2.45, 2.75) is 51.6 Å². The quantitative estimate of drug-likeness (QED) is 0.431. The van der Waals surface area contributed by atoms with E-state index in [9.17, 15) is 5.11 Å². The number of hydrogen-bond acceptors (Lipinski definition) is 3. The number of aliphatic hydroxyl groups is 1. The Labute approximate surface area is 177 Å². The van der Waals surface area contributed by atoms with Crippen LogP contribution in [0.2, 0.25) is 0 Å². The fourth-order valence-corrected chi connectivity index (χ4v) is 5.03. The van der Waals surface area contributed by atoms with Crippen molar-refractivity contribution in [3.05, 3.63) is 59.2 Å². The zero-order chi connectivity index (χ0) is 20.6. The van der Waals surface area contributed by atoms with E-state index in [4.69, 9.17) is 0 Å². The fraction of sp³-hybridized carbons (Fsp3) is 0.615. The van der Waals surface area contributed by atoms with Crippen LogP contribution in [0.3, 0.4) is 0 Å². The summed E-state index contributed by atoms with van der Waals surface area (Å²) in [4.78, 5) is 2.25. The lowest BCUT2D eigenvalue weighted by molar-refractivity contribution is 0.141. The molecule has 2 aliphatic rings. The summed E-state index contributed by atoms with van der Waals surface area (Å²) in [7, 11) is 4.27. The van der Waals surface area contributed by atoms with Gasteiger partial charge in [-0.15, -0.1) is 0 Å². The summed E-state index contributed by atoms with van der Waals surface area (Å²) in [6, 6.07) is 8.77. The van der Waals surface area contributed by atoms with Gasteiger partial charge in [-0.25, -0.2) is 0 Å². The van der Waals surface area contributed by atoms with Crippen LogP contribution in [0.5, 0.6) is 0 Å². The Bertz CT molecular complexity index is 694. The molecule has 29 heavy (non-hydrogen) atoms. The van der Waals surface area contributed by atoms with Crippen molar-refractivity contribution >= 4 is 0 Å². The third-order valence-electron chi connectivity index (χ3n) is 6.55. The first-order valence-corrected chi connectivity index (χ1v) is 11.5. The molecule has 2 aliphatic carbocycles. The van der Waals surface area contributed by atoms with Gasteiger partial charge in [-0.3, -0.25) is 0 Å². The lowest BCUT2D eigenvalue weighted by Gasteiger charge is -2.18. The van der Waals surface area contributed by atoms with Crippen molar-refractivity contribution in [3.63, 3.8) is 0 Å². The number of unbranched alkanes of at least 4 members (excludes halogenated alkanes) is 1. The van der Waals surface area contributed by atoms with E-state index in [0.29, 0.717) is 17.8 Å². The predicted molar refractivity (Wildman–Crippen MR) is 123 cm³/mol. The summed E-state index contributed by atoms with van der Waals surface area (Å²) >= 11 is 0. The van der Waals surface area contributed by atoms with Crippen LogP contribution in [-0.4, -0.2) is 49.8 Å². The maximum absolute atomic E-state index is 10.6. The van der Waals surface area contributed by atoms with Gasteiger partial charge in [0, 0.05) is 12.5 Å².